The fraction of sp³-hybridized carbons (Fsp3) is 0.371. The fourth-order valence-corrected chi connectivity index (χ4v) is 5.82. The van der Waals surface area contributed by atoms with Crippen molar-refractivity contribution in [1.82, 2.24) is 9.97 Å². The summed E-state index contributed by atoms with van der Waals surface area (Å²) in [5, 5.41) is 2.12. The second-order valence-corrected chi connectivity index (χ2v) is 11.6. The molecule has 38 heavy (non-hydrogen) atoms. The molecule has 3 nitrogen and oxygen atoms in total. The molecule has 5 rings (SSSR count). The van der Waals surface area contributed by atoms with Gasteiger partial charge in [0, 0.05) is 28.1 Å². The maximum atomic E-state index is 6.56. The maximum absolute atomic E-state index is 6.56. The normalized spacial score (nSPS) is 12.4. The highest BCUT2D eigenvalue weighted by Crippen LogP contribution is 2.40. The first-order chi connectivity index (χ1) is 18.2. The van der Waals surface area contributed by atoms with Gasteiger partial charge in [-0.2, -0.15) is 0 Å². The van der Waals surface area contributed by atoms with Crippen molar-refractivity contribution in [3.8, 4) is 22.5 Å². The van der Waals surface area contributed by atoms with Gasteiger partial charge in [0.2, 0.25) is 5.71 Å². The van der Waals surface area contributed by atoms with Gasteiger partial charge in [-0.15, -0.1) is 0 Å². The Bertz CT molecular complexity index is 1590. The van der Waals surface area contributed by atoms with Gasteiger partial charge in [0.15, 0.2) is 0 Å². The molecule has 0 fully saturated rings. The molecule has 196 valence electrons. The van der Waals surface area contributed by atoms with Crippen LogP contribution in [0.25, 0.3) is 44.6 Å². The van der Waals surface area contributed by atoms with Crippen LogP contribution < -0.4 is 0 Å². The molecule has 0 radical (unpaired) electrons. The first kappa shape index (κ1) is 26.2. The van der Waals surface area contributed by atoms with E-state index in [1.165, 1.54) is 27.8 Å². The Labute approximate surface area is 227 Å². The smallest absolute Gasteiger partial charge is 0.227 e. The number of pyridine rings is 2. The highest BCUT2D eigenvalue weighted by Gasteiger charge is 2.26. The fourth-order valence-electron chi connectivity index (χ4n) is 5.82. The largest absolute Gasteiger partial charge is 0.437 e. The number of hydrogen-bond donors (Lipinski definition) is 0. The van der Waals surface area contributed by atoms with E-state index in [2.05, 4.69) is 110 Å². The summed E-state index contributed by atoms with van der Waals surface area (Å²) in [5.41, 5.74) is 11.1. The number of aromatic nitrogens is 2. The van der Waals surface area contributed by atoms with Gasteiger partial charge in [-0.1, -0.05) is 78.8 Å². The second kappa shape index (κ2) is 10.0. The zero-order valence-corrected chi connectivity index (χ0v) is 24.1. The molecular formula is C35H40N2O. The molecule has 0 aliphatic heterocycles. The number of rotatable bonds is 7. The SMILES string of the molecule is CCC(C)(CC)c1cc(-c2cccc3c2oc2nc(-c4c(C(C)C)cccc4C(C)C)ccc23)ncc1C. The van der Waals surface area contributed by atoms with Gasteiger partial charge >= 0.3 is 0 Å². The van der Waals surface area contributed by atoms with E-state index in [1.807, 2.05) is 6.20 Å². The maximum Gasteiger partial charge on any atom is 0.227 e. The van der Waals surface area contributed by atoms with E-state index in [-0.39, 0.29) is 5.41 Å². The van der Waals surface area contributed by atoms with Crippen molar-refractivity contribution in [3.05, 3.63) is 83.0 Å². The standard InChI is InChI=1S/C35H40N2O/c1-9-35(8,10-2)29-19-31(36-20-23(29)7)28-16-12-15-26-27-17-18-30(37-34(27)38-33(26)28)32-24(21(3)4)13-11-14-25(32)22(5)6/h11-22H,9-10H2,1-8H3. The van der Waals surface area contributed by atoms with Gasteiger partial charge in [0.05, 0.1) is 11.4 Å². The Morgan fingerprint density at radius 3 is 2.11 bits per heavy atom. The first-order valence-electron chi connectivity index (χ1n) is 14.1. The molecule has 0 aliphatic carbocycles. The zero-order chi connectivity index (χ0) is 27.2. The lowest BCUT2D eigenvalue weighted by molar-refractivity contribution is 0.436. The molecule has 0 amide bonds. The van der Waals surface area contributed by atoms with Crippen LogP contribution in [0, 0.1) is 6.92 Å². The van der Waals surface area contributed by atoms with Crippen molar-refractivity contribution in [2.24, 2.45) is 0 Å². The summed E-state index contributed by atoms with van der Waals surface area (Å²) in [6, 6.07) is 19.6. The number of aryl methyl sites for hydroxylation is 1. The molecule has 0 spiro atoms. The molecule has 0 unspecified atom stereocenters. The van der Waals surface area contributed by atoms with Crippen LogP contribution in [0.4, 0.5) is 0 Å². The number of fused-ring (bicyclic) bond motifs is 3. The van der Waals surface area contributed by atoms with E-state index in [4.69, 9.17) is 14.4 Å². The molecule has 3 heterocycles. The highest BCUT2D eigenvalue weighted by atomic mass is 16.3. The predicted octanol–water partition coefficient (Wildman–Crippen LogP) is 10.3. The van der Waals surface area contributed by atoms with Crippen LogP contribution in [0.1, 0.15) is 95.4 Å². The van der Waals surface area contributed by atoms with Crippen molar-refractivity contribution < 1.29 is 4.42 Å². The summed E-state index contributed by atoms with van der Waals surface area (Å²) >= 11 is 0. The molecule has 0 atom stereocenters. The van der Waals surface area contributed by atoms with Crippen LogP contribution in [-0.4, -0.2) is 9.97 Å². The summed E-state index contributed by atoms with van der Waals surface area (Å²) in [6.45, 7) is 18.1. The quantitative estimate of drug-likeness (QED) is 0.221. The monoisotopic (exact) mass is 504 g/mol. The average molecular weight is 505 g/mol. The lowest BCUT2D eigenvalue weighted by Crippen LogP contribution is -2.21. The van der Waals surface area contributed by atoms with Crippen LogP contribution in [0.3, 0.4) is 0 Å². The third-order valence-electron chi connectivity index (χ3n) is 8.58. The van der Waals surface area contributed by atoms with Gasteiger partial charge in [0.25, 0.3) is 0 Å². The Kier molecular flexibility index (Phi) is 6.90. The van der Waals surface area contributed by atoms with Gasteiger partial charge in [-0.25, -0.2) is 4.98 Å². The number of benzene rings is 2. The second-order valence-electron chi connectivity index (χ2n) is 11.6. The summed E-state index contributed by atoms with van der Waals surface area (Å²) in [6.07, 6.45) is 4.19. The third kappa shape index (κ3) is 4.32. The molecule has 0 bridgehead atoms. The summed E-state index contributed by atoms with van der Waals surface area (Å²) in [7, 11) is 0. The van der Waals surface area contributed by atoms with Gasteiger partial charge in [-0.05, 0) is 83.5 Å². The Morgan fingerprint density at radius 2 is 1.47 bits per heavy atom. The Morgan fingerprint density at radius 1 is 0.816 bits per heavy atom. The van der Waals surface area contributed by atoms with Crippen molar-refractivity contribution in [2.45, 2.75) is 85.5 Å². The Hall–Kier alpha value is -3.46. The molecule has 2 aromatic carbocycles. The van der Waals surface area contributed by atoms with E-state index in [0.29, 0.717) is 17.5 Å². The number of para-hydroxylation sites is 1. The Balaban J connectivity index is 1.71. The van der Waals surface area contributed by atoms with Crippen LogP contribution in [-0.2, 0) is 5.41 Å². The van der Waals surface area contributed by atoms with E-state index < -0.39 is 0 Å². The van der Waals surface area contributed by atoms with Crippen molar-refractivity contribution in [2.75, 3.05) is 0 Å². The van der Waals surface area contributed by atoms with Crippen LogP contribution in [0.2, 0.25) is 0 Å². The molecular weight excluding hydrogens is 464 g/mol. The van der Waals surface area contributed by atoms with Gasteiger partial charge in [0.1, 0.15) is 5.58 Å². The lowest BCUT2D eigenvalue weighted by atomic mass is 9.76. The van der Waals surface area contributed by atoms with E-state index in [0.717, 1.165) is 46.1 Å². The van der Waals surface area contributed by atoms with E-state index in [1.54, 1.807) is 0 Å². The average Bonchev–Trinajstić information content (AvgIpc) is 3.30. The van der Waals surface area contributed by atoms with Crippen LogP contribution >= 0.6 is 0 Å². The molecule has 0 N–H and O–H groups in total. The molecule has 0 saturated carbocycles. The minimum Gasteiger partial charge on any atom is -0.437 e. The predicted molar refractivity (Wildman–Crippen MR) is 161 cm³/mol. The number of hydrogen-bond acceptors (Lipinski definition) is 3. The lowest BCUT2D eigenvalue weighted by Gasteiger charge is -2.29. The topological polar surface area (TPSA) is 38.9 Å². The summed E-state index contributed by atoms with van der Waals surface area (Å²) in [4.78, 5) is 9.97. The number of nitrogens with zero attached hydrogens (tertiary/aromatic N) is 2. The van der Waals surface area contributed by atoms with Gasteiger partial charge < -0.3 is 4.42 Å². The van der Waals surface area contributed by atoms with E-state index in [9.17, 15) is 0 Å². The summed E-state index contributed by atoms with van der Waals surface area (Å²) < 4.78 is 6.56. The number of furan rings is 1. The molecule has 5 aromatic rings. The van der Waals surface area contributed by atoms with Crippen molar-refractivity contribution in [1.29, 1.82) is 0 Å². The summed E-state index contributed by atoms with van der Waals surface area (Å²) in [5.74, 6) is 0.810. The minimum absolute atomic E-state index is 0.123. The van der Waals surface area contributed by atoms with Crippen molar-refractivity contribution >= 4 is 22.1 Å². The molecule has 0 saturated heterocycles. The van der Waals surface area contributed by atoms with Crippen molar-refractivity contribution in [3.63, 3.8) is 0 Å². The van der Waals surface area contributed by atoms with Crippen LogP contribution in [0.15, 0.2) is 65.2 Å². The zero-order valence-electron chi connectivity index (χ0n) is 24.1. The third-order valence-corrected chi connectivity index (χ3v) is 8.58. The first-order valence-corrected chi connectivity index (χ1v) is 14.1. The van der Waals surface area contributed by atoms with Crippen LogP contribution in [0.5, 0.6) is 0 Å². The molecule has 0 aliphatic rings. The molecule has 3 aromatic heterocycles. The highest BCUT2D eigenvalue weighted by molar-refractivity contribution is 6.08. The minimum atomic E-state index is 0.123. The van der Waals surface area contributed by atoms with E-state index >= 15 is 0 Å². The molecule has 3 heteroatoms. The van der Waals surface area contributed by atoms with Gasteiger partial charge in [-0.3, -0.25) is 4.98 Å².